The van der Waals surface area contributed by atoms with E-state index in [1.165, 1.54) is 0 Å². The van der Waals surface area contributed by atoms with E-state index in [-0.39, 0.29) is 11.2 Å². The summed E-state index contributed by atoms with van der Waals surface area (Å²) in [5.74, 6) is 1.66. The molecule has 0 aromatic heterocycles. The van der Waals surface area contributed by atoms with Crippen molar-refractivity contribution in [3.05, 3.63) is 66.9 Å². The van der Waals surface area contributed by atoms with Crippen molar-refractivity contribution < 1.29 is 9.53 Å². The first kappa shape index (κ1) is 15.8. The minimum Gasteiger partial charge on any atom is -0.457 e. The van der Waals surface area contributed by atoms with Gasteiger partial charge in [0.25, 0.3) is 0 Å². The van der Waals surface area contributed by atoms with Gasteiger partial charge in [-0.1, -0.05) is 39.0 Å². The number of anilines is 1. The highest BCUT2D eigenvalue weighted by molar-refractivity contribution is 5.94. The zero-order chi connectivity index (χ0) is 16.0. The molecule has 0 saturated carbocycles. The Morgan fingerprint density at radius 3 is 2.14 bits per heavy atom. The fraction of sp³-hybridized carbons (Fsp3) is 0.211. The van der Waals surface area contributed by atoms with Gasteiger partial charge in [0.05, 0.1) is 0 Å². The summed E-state index contributed by atoms with van der Waals surface area (Å²) < 4.78 is 5.72. The van der Waals surface area contributed by atoms with Gasteiger partial charge in [0.2, 0.25) is 0 Å². The van der Waals surface area contributed by atoms with Gasteiger partial charge in [-0.05, 0) is 42.5 Å². The molecule has 22 heavy (non-hydrogen) atoms. The van der Waals surface area contributed by atoms with Crippen LogP contribution in [0.1, 0.15) is 20.8 Å². The zero-order valence-electron chi connectivity index (χ0n) is 13.2. The van der Waals surface area contributed by atoms with Gasteiger partial charge in [-0.2, -0.15) is 0 Å². The molecule has 2 aromatic rings. The Hall–Kier alpha value is -2.55. The highest BCUT2D eigenvalue weighted by Crippen LogP contribution is 2.22. The van der Waals surface area contributed by atoms with Crippen LogP contribution in [-0.2, 0) is 4.79 Å². The highest BCUT2D eigenvalue weighted by atomic mass is 16.5. The summed E-state index contributed by atoms with van der Waals surface area (Å²) in [4.78, 5) is 11.8. The van der Waals surface area contributed by atoms with Crippen molar-refractivity contribution >= 4 is 11.5 Å². The average Bonchev–Trinajstić information content (AvgIpc) is 2.49. The lowest BCUT2D eigenvalue weighted by molar-refractivity contribution is -0.121. The summed E-state index contributed by atoms with van der Waals surface area (Å²) in [6.45, 7) is 5.69. The SMILES string of the molecule is CC(C)(C)C(=O)/C=C/Nc1ccc(Oc2ccccc2)cc1. The molecule has 2 aromatic carbocycles. The van der Waals surface area contributed by atoms with E-state index < -0.39 is 0 Å². The zero-order valence-corrected chi connectivity index (χ0v) is 13.2. The molecule has 0 spiro atoms. The number of ketones is 1. The van der Waals surface area contributed by atoms with E-state index in [0.717, 1.165) is 17.2 Å². The van der Waals surface area contributed by atoms with Gasteiger partial charge in [0, 0.05) is 17.3 Å². The molecule has 1 N–H and O–H groups in total. The third kappa shape index (κ3) is 4.77. The van der Waals surface area contributed by atoms with E-state index in [1.807, 2.05) is 75.4 Å². The molecule has 2 rings (SSSR count). The number of rotatable bonds is 5. The predicted octanol–water partition coefficient (Wildman–Crippen LogP) is 5.02. The molecular formula is C19H21NO2. The summed E-state index contributed by atoms with van der Waals surface area (Å²) in [7, 11) is 0. The van der Waals surface area contributed by atoms with Crippen LogP contribution in [0.2, 0.25) is 0 Å². The quantitative estimate of drug-likeness (QED) is 0.787. The van der Waals surface area contributed by atoms with Crippen LogP contribution in [-0.4, -0.2) is 5.78 Å². The molecule has 0 bridgehead atoms. The van der Waals surface area contributed by atoms with Crippen LogP contribution in [0.15, 0.2) is 66.9 Å². The molecule has 0 saturated heterocycles. The maximum atomic E-state index is 11.8. The minimum atomic E-state index is -0.356. The second-order valence-electron chi connectivity index (χ2n) is 6.03. The second-order valence-corrected chi connectivity index (χ2v) is 6.03. The third-order valence-electron chi connectivity index (χ3n) is 3.06. The summed E-state index contributed by atoms with van der Waals surface area (Å²) >= 11 is 0. The Morgan fingerprint density at radius 1 is 0.955 bits per heavy atom. The average molecular weight is 295 g/mol. The molecule has 0 fully saturated rings. The number of hydrogen-bond donors (Lipinski definition) is 1. The van der Waals surface area contributed by atoms with E-state index in [2.05, 4.69) is 5.32 Å². The maximum absolute atomic E-state index is 11.8. The van der Waals surface area contributed by atoms with E-state index in [1.54, 1.807) is 12.3 Å². The molecule has 0 aliphatic heterocycles. The smallest absolute Gasteiger partial charge is 0.162 e. The number of benzene rings is 2. The van der Waals surface area contributed by atoms with E-state index in [4.69, 9.17) is 4.74 Å². The lowest BCUT2D eigenvalue weighted by Crippen LogP contribution is -2.17. The number of nitrogens with one attached hydrogen (secondary N) is 1. The second kappa shape index (κ2) is 6.94. The van der Waals surface area contributed by atoms with E-state index >= 15 is 0 Å². The van der Waals surface area contributed by atoms with Gasteiger partial charge < -0.3 is 10.1 Å². The molecule has 0 aliphatic carbocycles. The summed E-state index contributed by atoms with van der Waals surface area (Å²) in [5.41, 5.74) is 0.546. The van der Waals surface area contributed by atoms with Crippen molar-refractivity contribution in [3.63, 3.8) is 0 Å². The monoisotopic (exact) mass is 295 g/mol. The van der Waals surface area contributed by atoms with Crippen LogP contribution in [0, 0.1) is 5.41 Å². The fourth-order valence-electron chi connectivity index (χ4n) is 1.71. The Bertz CT molecular complexity index is 637. The number of carbonyl (C=O) groups excluding carboxylic acids is 1. The number of para-hydroxylation sites is 1. The van der Waals surface area contributed by atoms with Crippen LogP contribution in [0.5, 0.6) is 11.5 Å². The molecule has 0 aliphatic rings. The number of allylic oxidation sites excluding steroid dienone is 1. The van der Waals surface area contributed by atoms with Crippen molar-refractivity contribution in [2.75, 3.05) is 5.32 Å². The van der Waals surface area contributed by atoms with E-state index in [0.29, 0.717) is 0 Å². The van der Waals surface area contributed by atoms with Crippen LogP contribution >= 0.6 is 0 Å². The van der Waals surface area contributed by atoms with E-state index in [9.17, 15) is 4.79 Å². The summed E-state index contributed by atoms with van der Waals surface area (Å²) in [6.07, 6.45) is 3.23. The first-order chi connectivity index (χ1) is 10.4. The minimum absolute atomic E-state index is 0.0871. The van der Waals surface area contributed by atoms with Gasteiger partial charge in [-0.3, -0.25) is 4.79 Å². The molecule has 3 heteroatoms. The summed E-state index contributed by atoms with van der Waals surface area (Å²) in [6, 6.07) is 17.2. The number of carbonyl (C=O) groups is 1. The topological polar surface area (TPSA) is 38.3 Å². The number of hydrogen-bond acceptors (Lipinski definition) is 3. The molecule has 0 heterocycles. The van der Waals surface area contributed by atoms with Gasteiger partial charge in [-0.25, -0.2) is 0 Å². The maximum Gasteiger partial charge on any atom is 0.162 e. The van der Waals surface area contributed by atoms with Crippen molar-refractivity contribution in [1.82, 2.24) is 0 Å². The normalized spacial score (nSPS) is 11.4. The predicted molar refractivity (Wildman–Crippen MR) is 90.2 cm³/mol. The van der Waals surface area contributed by atoms with Crippen LogP contribution < -0.4 is 10.1 Å². The molecule has 0 radical (unpaired) electrons. The van der Waals surface area contributed by atoms with Gasteiger partial charge in [0.15, 0.2) is 5.78 Å². The molecular weight excluding hydrogens is 274 g/mol. The third-order valence-corrected chi connectivity index (χ3v) is 3.06. The fourth-order valence-corrected chi connectivity index (χ4v) is 1.71. The molecule has 114 valence electrons. The first-order valence-corrected chi connectivity index (χ1v) is 7.26. The number of ether oxygens (including phenoxy) is 1. The lowest BCUT2D eigenvalue weighted by Gasteiger charge is -2.13. The highest BCUT2D eigenvalue weighted by Gasteiger charge is 2.17. The Kier molecular flexibility index (Phi) is 4.99. The van der Waals surface area contributed by atoms with Gasteiger partial charge in [-0.15, -0.1) is 0 Å². The standard InChI is InChI=1S/C19H21NO2/c1-19(2,3)18(21)13-14-20-15-9-11-17(12-10-15)22-16-7-5-4-6-8-16/h4-14,20H,1-3H3/b14-13+. The molecule has 3 nitrogen and oxygen atoms in total. The molecule has 0 unspecified atom stereocenters. The van der Waals surface area contributed by atoms with Crippen molar-refractivity contribution in [3.8, 4) is 11.5 Å². The Morgan fingerprint density at radius 2 is 1.55 bits per heavy atom. The van der Waals surface area contributed by atoms with Crippen molar-refractivity contribution in [1.29, 1.82) is 0 Å². The van der Waals surface area contributed by atoms with Gasteiger partial charge in [0.1, 0.15) is 11.5 Å². The van der Waals surface area contributed by atoms with Crippen LogP contribution in [0.25, 0.3) is 0 Å². The van der Waals surface area contributed by atoms with Crippen molar-refractivity contribution in [2.45, 2.75) is 20.8 Å². The van der Waals surface area contributed by atoms with Crippen LogP contribution in [0.3, 0.4) is 0 Å². The Balaban J connectivity index is 1.92. The first-order valence-electron chi connectivity index (χ1n) is 7.26. The van der Waals surface area contributed by atoms with Gasteiger partial charge >= 0.3 is 0 Å². The lowest BCUT2D eigenvalue weighted by atomic mass is 9.91. The van der Waals surface area contributed by atoms with Crippen molar-refractivity contribution in [2.24, 2.45) is 5.41 Å². The molecule has 0 atom stereocenters. The summed E-state index contributed by atoms with van der Waals surface area (Å²) in [5, 5.41) is 3.08. The Labute approximate surface area is 131 Å². The largest absolute Gasteiger partial charge is 0.457 e. The molecule has 0 amide bonds. The van der Waals surface area contributed by atoms with Crippen LogP contribution in [0.4, 0.5) is 5.69 Å².